The summed E-state index contributed by atoms with van der Waals surface area (Å²) in [5, 5.41) is 11.7. The Morgan fingerprint density at radius 2 is 1.93 bits per heavy atom. The molecule has 150 valence electrons. The predicted octanol–water partition coefficient (Wildman–Crippen LogP) is 4.86. The van der Waals surface area contributed by atoms with Crippen LogP contribution >= 0.6 is 0 Å². The van der Waals surface area contributed by atoms with Crippen LogP contribution in [-0.4, -0.2) is 30.8 Å². The first-order valence-electron chi connectivity index (χ1n) is 10.0. The summed E-state index contributed by atoms with van der Waals surface area (Å²) in [6, 6.07) is 16.7. The summed E-state index contributed by atoms with van der Waals surface area (Å²) in [4.78, 5) is 10.4. The van der Waals surface area contributed by atoms with Gasteiger partial charge >= 0.3 is 5.97 Å². The lowest BCUT2D eigenvalue weighted by atomic mass is 10.1. The zero-order valence-electron chi connectivity index (χ0n) is 16.7. The van der Waals surface area contributed by atoms with E-state index in [1.165, 1.54) is 24.0 Å². The molecule has 0 fully saturated rings. The smallest absolute Gasteiger partial charge is 0.304 e. The molecule has 0 aliphatic rings. The molecule has 28 heavy (non-hydrogen) atoms. The SMILES string of the molecule is Cc1cc(OCCCCCc2ccccc2)ccc1/C=C/CNCCC(=O)O. The Hall–Kier alpha value is -2.59. The molecule has 4 heteroatoms. The molecule has 0 saturated heterocycles. The van der Waals surface area contributed by atoms with Crippen molar-refractivity contribution in [2.45, 2.75) is 39.0 Å². The molecule has 0 saturated carbocycles. The highest BCUT2D eigenvalue weighted by molar-refractivity contribution is 5.66. The lowest BCUT2D eigenvalue weighted by molar-refractivity contribution is -0.136. The van der Waals surface area contributed by atoms with E-state index in [0.29, 0.717) is 13.1 Å². The van der Waals surface area contributed by atoms with Gasteiger partial charge in [-0.05, 0) is 61.4 Å². The molecule has 0 aliphatic carbocycles. The van der Waals surface area contributed by atoms with Crippen molar-refractivity contribution < 1.29 is 14.6 Å². The zero-order chi connectivity index (χ0) is 20.0. The van der Waals surface area contributed by atoms with Gasteiger partial charge < -0.3 is 15.2 Å². The van der Waals surface area contributed by atoms with Crippen molar-refractivity contribution in [3.63, 3.8) is 0 Å². The average molecular weight is 382 g/mol. The third kappa shape index (κ3) is 8.87. The van der Waals surface area contributed by atoms with Crippen LogP contribution in [0.1, 0.15) is 42.4 Å². The molecule has 2 aromatic rings. The van der Waals surface area contributed by atoms with E-state index in [-0.39, 0.29) is 6.42 Å². The van der Waals surface area contributed by atoms with E-state index >= 15 is 0 Å². The Labute approximate surface area is 168 Å². The number of aryl methyl sites for hydroxylation is 2. The highest BCUT2D eigenvalue weighted by atomic mass is 16.5. The second-order valence-electron chi connectivity index (χ2n) is 6.91. The summed E-state index contributed by atoms with van der Waals surface area (Å²) >= 11 is 0. The molecular weight excluding hydrogens is 350 g/mol. The van der Waals surface area contributed by atoms with Gasteiger partial charge in [-0.25, -0.2) is 0 Å². The molecule has 4 nitrogen and oxygen atoms in total. The number of carboxylic acids is 1. The number of aliphatic carboxylic acids is 1. The zero-order valence-corrected chi connectivity index (χ0v) is 16.7. The summed E-state index contributed by atoms with van der Waals surface area (Å²) in [6.45, 7) is 3.96. The van der Waals surface area contributed by atoms with Gasteiger partial charge in [0, 0.05) is 13.1 Å². The number of carboxylic acid groups (broad SMARTS) is 1. The average Bonchev–Trinajstić information content (AvgIpc) is 2.69. The van der Waals surface area contributed by atoms with Crippen LogP contribution in [0.5, 0.6) is 5.75 Å². The summed E-state index contributed by atoms with van der Waals surface area (Å²) in [5.41, 5.74) is 3.72. The van der Waals surface area contributed by atoms with Crippen LogP contribution in [0, 0.1) is 6.92 Å². The molecule has 0 spiro atoms. The van der Waals surface area contributed by atoms with Crippen molar-refractivity contribution in [2.75, 3.05) is 19.7 Å². The molecule has 0 aromatic heterocycles. The van der Waals surface area contributed by atoms with E-state index in [0.717, 1.165) is 30.8 Å². The lowest BCUT2D eigenvalue weighted by Gasteiger charge is -2.09. The molecule has 0 amide bonds. The molecule has 0 bridgehead atoms. The number of hydrogen-bond donors (Lipinski definition) is 2. The first-order valence-corrected chi connectivity index (χ1v) is 10.0. The Morgan fingerprint density at radius 1 is 1.11 bits per heavy atom. The summed E-state index contributed by atoms with van der Waals surface area (Å²) in [7, 11) is 0. The summed E-state index contributed by atoms with van der Waals surface area (Å²) in [6.07, 6.45) is 8.76. The standard InChI is InChI=1S/C24H31NO3/c1-20-19-23(14-13-22(20)12-8-16-25-17-15-24(26)27)28-18-7-3-6-11-21-9-4-2-5-10-21/h2,4-5,8-10,12-14,19,25H,3,6-7,11,15-18H2,1H3,(H,26,27)/b12-8+. The Morgan fingerprint density at radius 3 is 2.68 bits per heavy atom. The largest absolute Gasteiger partial charge is 0.494 e. The van der Waals surface area contributed by atoms with Crippen molar-refractivity contribution in [3.8, 4) is 5.75 Å². The van der Waals surface area contributed by atoms with Gasteiger partial charge in [0.15, 0.2) is 0 Å². The highest BCUT2D eigenvalue weighted by Crippen LogP contribution is 2.19. The monoisotopic (exact) mass is 381 g/mol. The number of rotatable bonds is 13. The van der Waals surface area contributed by atoms with Crippen molar-refractivity contribution in [1.82, 2.24) is 5.32 Å². The minimum atomic E-state index is -0.779. The summed E-state index contributed by atoms with van der Waals surface area (Å²) in [5.74, 6) is 0.136. The lowest BCUT2D eigenvalue weighted by Crippen LogP contribution is -2.17. The minimum Gasteiger partial charge on any atom is -0.494 e. The van der Waals surface area contributed by atoms with Crippen LogP contribution in [0.4, 0.5) is 0 Å². The molecule has 0 radical (unpaired) electrons. The van der Waals surface area contributed by atoms with E-state index in [1.54, 1.807) is 0 Å². The van der Waals surface area contributed by atoms with Gasteiger partial charge in [-0.3, -0.25) is 4.79 Å². The quantitative estimate of drug-likeness (QED) is 0.486. The van der Waals surface area contributed by atoms with Gasteiger partial charge in [0.2, 0.25) is 0 Å². The van der Waals surface area contributed by atoms with E-state index in [1.807, 2.05) is 12.1 Å². The van der Waals surface area contributed by atoms with Gasteiger partial charge in [-0.2, -0.15) is 0 Å². The third-order valence-electron chi connectivity index (χ3n) is 4.54. The molecule has 0 unspecified atom stereocenters. The van der Waals surface area contributed by atoms with Crippen LogP contribution in [-0.2, 0) is 11.2 Å². The molecule has 2 N–H and O–H groups in total. The number of unbranched alkanes of at least 4 members (excludes halogenated alkanes) is 2. The predicted molar refractivity (Wildman–Crippen MR) is 115 cm³/mol. The van der Waals surface area contributed by atoms with E-state index in [4.69, 9.17) is 9.84 Å². The normalized spacial score (nSPS) is 11.0. The van der Waals surface area contributed by atoms with Crippen LogP contribution < -0.4 is 10.1 Å². The first kappa shape index (κ1) is 21.7. The van der Waals surface area contributed by atoms with Gasteiger partial charge in [-0.15, -0.1) is 0 Å². The van der Waals surface area contributed by atoms with Gasteiger partial charge in [0.05, 0.1) is 13.0 Å². The van der Waals surface area contributed by atoms with E-state index < -0.39 is 5.97 Å². The van der Waals surface area contributed by atoms with Gasteiger partial charge in [0.25, 0.3) is 0 Å². The van der Waals surface area contributed by atoms with Crippen LogP contribution in [0.15, 0.2) is 54.6 Å². The molecule has 0 atom stereocenters. The maximum Gasteiger partial charge on any atom is 0.304 e. The van der Waals surface area contributed by atoms with Crippen molar-refractivity contribution in [1.29, 1.82) is 0 Å². The minimum absolute atomic E-state index is 0.144. The van der Waals surface area contributed by atoms with Crippen LogP contribution in [0.2, 0.25) is 0 Å². The molecule has 0 aliphatic heterocycles. The van der Waals surface area contributed by atoms with Crippen LogP contribution in [0.25, 0.3) is 6.08 Å². The number of carbonyl (C=O) groups is 1. The maximum atomic E-state index is 10.4. The number of ether oxygens (including phenoxy) is 1. The number of benzene rings is 2. The molecule has 0 heterocycles. The van der Waals surface area contributed by atoms with E-state index in [9.17, 15) is 4.79 Å². The maximum absolute atomic E-state index is 10.4. The van der Waals surface area contributed by atoms with E-state index in [2.05, 4.69) is 60.8 Å². The van der Waals surface area contributed by atoms with Crippen molar-refractivity contribution >= 4 is 12.0 Å². The molecule has 2 aromatic carbocycles. The molecule has 2 rings (SSSR count). The second-order valence-corrected chi connectivity index (χ2v) is 6.91. The second kappa shape index (κ2) is 12.7. The molecular formula is C24H31NO3. The van der Waals surface area contributed by atoms with Crippen molar-refractivity contribution in [2.24, 2.45) is 0 Å². The first-order chi connectivity index (χ1) is 13.6. The topological polar surface area (TPSA) is 58.6 Å². The number of nitrogens with one attached hydrogen (secondary N) is 1. The summed E-state index contributed by atoms with van der Waals surface area (Å²) < 4.78 is 5.88. The fourth-order valence-electron chi connectivity index (χ4n) is 2.93. The van der Waals surface area contributed by atoms with Crippen molar-refractivity contribution in [3.05, 3.63) is 71.3 Å². The fourth-order valence-corrected chi connectivity index (χ4v) is 2.93. The Bertz CT molecular complexity index is 741. The van der Waals surface area contributed by atoms with Gasteiger partial charge in [-0.1, -0.05) is 48.6 Å². The fraction of sp³-hybridized carbons (Fsp3) is 0.375. The third-order valence-corrected chi connectivity index (χ3v) is 4.54. The number of hydrogen-bond acceptors (Lipinski definition) is 3. The Balaban J connectivity index is 1.62. The van der Waals surface area contributed by atoms with Gasteiger partial charge in [0.1, 0.15) is 5.75 Å². The van der Waals surface area contributed by atoms with Crippen LogP contribution in [0.3, 0.4) is 0 Å². The Kier molecular flexibility index (Phi) is 9.87. The highest BCUT2D eigenvalue weighted by Gasteiger charge is 2.00.